The highest BCUT2D eigenvalue weighted by molar-refractivity contribution is 6.13. The van der Waals surface area contributed by atoms with Gasteiger partial charge in [0.1, 0.15) is 17.4 Å². The molecule has 0 unspecified atom stereocenters. The number of piperidine rings is 2. The van der Waals surface area contributed by atoms with Crippen LogP contribution < -0.4 is 15.8 Å². The third-order valence-corrected chi connectivity index (χ3v) is 6.64. The summed E-state index contributed by atoms with van der Waals surface area (Å²) in [6, 6.07) is 3.87. The van der Waals surface area contributed by atoms with Gasteiger partial charge in [0.05, 0.1) is 31.3 Å². The lowest BCUT2D eigenvalue weighted by Gasteiger charge is -2.32. The standard InChI is InChI=1S/C25H33FN6O3/c1-35-22-6-5-17(26)13-20(22)23(34)21-14-28-25(30-24(21)27)29-18-7-11-32(12-8-18)16-19(33)15-31-9-3-2-4-10-31/h5-6,13-14,18H,2-4,7-12,15-16H2,1H3,(H3,27,28,29,30). The van der Waals surface area contributed by atoms with Crippen molar-refractivity contribution in [2.45, 2.75) is 38.1 Å². The van der Waals surface area contributed by atoms with Crippen molar-refractivity contribution < 1.29 is 18.7 Å². The molecule has 10 heteroatoms. The molecular formula is C25H33FN6O3. The molecule has 2 saturated heterocycles. The molecule has 4 rings (SSSR count). The summed E-state index contributed by atoms with van der Waals surface area (Å²) in [6.07, 6.45) is 6.69. The van der Waals surface area contributed by atoms with Gasteiger partial charge in [-0.15, -0.1) is 0 Å². The highest BCUT2D eigenvalue weighted by Gasteiger charge is 2.24. The lowest BCUT2D eigenvalue weighted by molar-refractivity contribution is -0.121. The predicted octanol–water partition coefficient (Wildman–Crippen LogP) is 2.37. The number of nitrogens with zero attached hydrogens (tertiary/aromatic N) is 4. The van der Waals surface area contributed by atoms with Crippen LogP contribution in [0.15, 0.2) is 24.4 Å². The van der Waals surface area contributed by atoms with E-state index in [9.17, 15) is 14.0 Å². The number of carbonyl (C=O) groups is 2. The maximum Gasteiger partial charge on any atom is 0.224 e. The van der Waals surface area contributed by atoms with E-state index >= 15 is 0 Å². The van der Waals surface area contributed by atoms with Gasteiger partial charge in [-0.05, 0) is 57.0 Å². The summed E-state index contributed by atoms with van der Waals surface area (Å²) in [5, 5.41) is 3.28. The maximum absolute atomic E-state index is 13.7. The van der Waals surface area contributed by atoms with Crippen molar-refractivity contribution in [2.75, 3.05) is 57.4 Å². The zero-order valence-corrected chi connectivity index (χ0v) is 20.1. The summed E-state index contributed by atoms with van der Waals surface area (Å²) in [7, 11) is 1.41. The second-order valence-electron chi connectivity index (χ2n) is 9.24. The van der Waals surface area contributed by atoms with E-state index < -0.39 is 11.6 Å². The highest BCUT2D eigenvalue weighted by atomic mass is 19.1. The average Bonchev–Trinajstić information content (AvgIpc) is 2.85. The SMILES string of the molecule is COc1ccc(F)cc1C(=O)c1cnc(NC2CCN(CC(=O)CN3CCCCC3)CC2)nc1N. The Morgan fingerprint density at radius 3 is 2.43 bits per heavy atom. The van der Waals surface area contributed by atoms with Crippen LogP contribution in [0.3, 0.4) is 0 Å². The van der Waals surface area contributed by atoms with Crippen LogP contribution in [0, 0.1) is 5.82 Å². The molecule has 1 aromatic carbocycles. The first-order chi connectivity index (χ1) is 16.9. The molecule has 0 amide bonds. The second-order valence-corrected chi connectivity index (χ2v) is 9.24. The molecule has 0 aliphatic carbocycles. The molecule has 2 fully saturated rings. The first-order valence-electron chi connectivity index (χ1n) is 12.2. The van der Waals surface area contributed by atoms with Crippen LogP contribution in [0.25, 0.3) is 0 Å². The van der Waals surface area contributed by atoms with E-state index in [2.05, 4.69) is 25.1 Å². The Balaban J connectivity index is 1.29. The molecule has 3 heterocycles. The monoisotopic (exact) mass is 484 g/mol. The van der Waals surface area contributed by atoms with E-state index in [0.717, 1.165) is 45.1 Å². The number of Topliss-reactive ketones (excluding diaryl/α,β-unsaturated/α-hetero) is 1. The smallest absolute Gasteiger partial charge is 0.224 e. The number of carbonyl (C=O) groups excluding carboxylic acids is 2. The molecule has 188 valence electrons. The Morgan fingerprint density at radius 2 is 1.77 bits per heavy atom. The zero-order chi connectivity index (χ0) is 24.8. The van der Waals surface area contributed by atoms with Crippen molar-refractivity contribution in [3.63, 3.8) is 0 Å². The number of ketones is 2. The van der Waals surface area contributed by atoms with E-state index in [1.807, 2.05) is 0 Å². The number of rotatable bonds is 9. The number of benzene rings is 1. The minimum absolute atomic E-state index is 0.0135. The van der Waals surface area contributed by atoms with Crippen LogP contribution in [0.1, 0.15) is 48.0 Å². The molecule has 3 N–H and O–H groups in total. The third-order valence-electron chi connectivity index (χ3n) is 6.64. The van der Waals surface area contributed by atoms with Gasteiger partial charge in [-0.1, -0.05) is 6.42 Å². The number of aromatic nitrogens is 2. The lowest BCUT2D eigenvalue weighted by Crippen LogP contribution is -2.44. The number of hydrogen-bond donors (Lipinski definition) is 2. The van der Waals surface area contributed by atoms with E-state index in [0.29, 0.717) is 19.0 Å². The molecule has 0 saturated carbocycles. The summed E-state index contributed by atoms with van der Waals surface area (Å²) < 4.78 is 18.9. The number of ether oxygens (including phenoxy) is 1. The first-order valence-corrected chi connectivity index (χ1v) is 12.2. The number of nitrogens with one attached hydrogen (secondary N) is 1. The van der Waals surface area contributed by atoms with Crippen molar-refractivity contribution in [3.05, 3.63) is 41.3 Å². The van der Waals surface area contributed by atoms with Crippen LogP contribution >= 0.6 is 0 Å². The van der Waals surface area contributed by atoms with Crippen LogP contribution in [-0.4, -0.2) is 83.8 Å². The molecule has 0 radical (unpaired) electrons. The number of hydrogen-bond acceptors (Lipinski definition) is 9. The molecule has 0 bridgehead atoms. The van der Waals surface area contributed by atoms with E-state index in [1.165, 1.54) is 44.7 Å². The second kappa shape index (κ2) is 11.5. The number of halogens is 1. The summed E-state index contributed by atoms with van der Waals surface area (Å²) in [5.41, 5.74) is 6.20. The van der Waals surface area contributed by atoms with Gasteiger partial charge in [0.25, 0.3) is 0 Å². The molecule has 2 aliphatic rings. The molecule has 2 aromatic rings. The number of likely N-dealkylation sites (tertiary alicyclic amines) is 2. The summed E-state index contributed by atoms with van der Waals surface area (Å²) >= 11 is 0. The minimum atomic E-state index is -0.550. The number of nitrogens with two attached hydrogens (primary N) is 1. The topological polar surface area (TPSA) is 114 Å². The lowest BCUT2D eigenvalue weighted by atomic mass is 10.0. The van der Waals surface area contributed by atoms with E-state index in [-0.39, 0.29) is 34.5 Å². The van der Waals surface area contributed by atoms with Gasteiger partial charge < -0.3 is 15.8 Å². The van der Waals surface area contributed by atoms with Crippen LogP contribution in [0.2, 0.25) is 0 Å². The Hall–Kier alpha value is -3.11. The normalized spacial score (nSPS) is 17.8. The molecule has 0 spiro atoms. The van der Waals surface area contributed by atoms with Crippen molar-refractivity contribution in [1.29, 1.82) is 0 Å². The summed E-state index contributed by atoms with van der Waals surface area (Å²) in [4.78, 5) is 38.3. The van der Waals surface area contributed by atoms with Gasteiger partial charge in [0.15, 0.2) is 5.78 Å². The van der Waals surface area contributed by atoms with Crippen molar-refractivity contribution >= 4 is 23.3 Å². The van der Waals surface area contributed by atoms with Crippen molar-refractivity contribution in [3.8, 4) is 5.75 Å². The van der Waals surface area contributed by atoms with Gasteiger partial charge in [-0.25, -0.2) is 9.37 Å². The van der Waals surface area contributed by atoms with E-state index in [4.69, 9.17) is 10.5 Å². The Morgan fingerprint density at radius 1 is 1.09 bits per heavy atom. The van der Waals surface area contributed by atoms with Crippen molar-refractivity contribution in [1.82, 2.24) is 19.8 Å². The first kappa shape index (κ1) is 25.0. The fourth-order valence-electron chi connectivity index (χ4n) is 4.73. The summed E-state index contributed by atoms with van der Waals surface area (Å²) in [6.45, 7) is 4.73. The predicted molar refractivity (Wildman–Crippen MR) is 131 cm³/mol. The Bertz CT molecular complexity index is 1050. The van der Waals surface area contributed by atoms with Crippen LogP contribution in [0.4, 0.5) is 16.2 Å². The third kappa shape index (κ3) is 6.52. The van der Waals surface area contributed by atoms with Crippen molar-refractivity contribution in [2.24, 2.45) is 0 Å². The quantitative estimate of drug-likeness (QED) is 0.518. The summed E-state index contributed by atoms with van der Waals surface area (Å²) in [5.74, 6) is -0.174. The molecule has 0 atom stereocenters. The highest BCUT2D eigenvalue weighted by Crippen LogP contribution is 2.25. The number of nitrogen functional groups attached to an aromatic ring is 1. The van der Waals surface area contributed by atoms with Gasteiger partial charge in [0.2, 0.25) is 11.7 Å². The number of anilines is 2. The van der Waals surface area contributed by atoms with Gasteiger partial charge in [0, 0.05) is 25.3 Å². The molecule has 9 nitrogen and oxygen atoms in total. The fourth-order valence-corrected chi connectivity index (χ4v) is 4.73. The average molecular weight is 485 g/mol. The van der Waals surface area contributed by atoms with Gasteiger partial charge in [-0.3, -0.25) is 19.4 Å². The Labute approximate surface area is 204 Å². The molecular weight excluding hydrogens is 451 g/mol. The maximum atomic E-state index is 13.7. The van der Waals surface area contributed by atoms with Gasteiger partial charge in [-0.2, -0.15) is 4.98 Å². The zero-order valence-electron chi connectivity index (χ0n) is 20.1. The Kier molecular flexibility index (Phi) is 8.25. The van der Waals surface area contributed by atoms with Crippen LogP contribution in [-0.2, 0) is 4.79 Å². The molecule has 2 aliphatic heterocycles. The molecule has 1 aromatic heterocycles. The minimum Gasteiger partial charge on any atom is -0.496 e. The fraction of sp³-hybridized carbons (Fsp3) is 0.520. The largest absolute Gasteiger partial charge is 0.496 e. The number of methoxy groups -OCH3 is 1. The van der Waals surface area contributed by atoms with E-state index in [1.54, 1.807) is 0 Å². The van der Waals surface area contributed by atoms with Crippen LogP contribution in [0.5, 0.6) is 5.75 Å². The molecule has 35 heavy (non-hydrogen) atoms. The van der Waals surface area contributed by atoms with Gasteiger partial charge >= 0.3 is 0 Å².